The second kappa shape index (κ2) is 9.23. The van der Waals surface area contributed by atoms with E-state index in [1.807, 2.05) is 0 Å². The number of ketones is 2. The van der Waals surface area contributed by atoms with E-state index in [2.05, 4.69) is 11.6 Å². The van der Waals surface area contributed by atoms with Crippen molar-refractivity contribution in [3.63, 3.8) is 0 Å². The van der Waals surface area contributed by atoms with Gasteiger partial charge in [-0.05, 0) is 51.5 Å². The minimum absolute atomic E-state index is 0.134. The van der Waals surface area contributed by atoms with Gasteiger partial charge in [-0.15, -0.1) is 0 Å². The molecule has 1 aromatic heterocycles. The Labute approximate surface area is 169 Å². The predicted molar refractivity (Wildman–Crippen MR) is 108 cm³/mol. The molecule has 2 aromatic rings. The lowest BCUT2D eigenvalue weighted by molar-refractivity contribution is 0.0316. The number of Topliss-reactive ketones (excluding diaryl/α,β-unsaturated/α-hetero) is 2. The molecule has 2 rings (SSSR count). The van der Waals surface area contributed by atoms with E-state index in [4.69, 9.17) is 14.2 Å². The molecule has 1 aromatic carbocycles. The van der Waals surface area contributed by atoms with Crippen LogP contribution in [-0.4, -0.2) is 42.3 Å². The monoisotopic (exact) mass is 399 g/mol. The van der Waals surface area contributed by atoms with Gasteiger partial charge in [-0.2, -0.15) is 0 Å². The third-order valence-corrected chi connectivity index (χ3v) is 4.45. The van der Waals surface area contributed by atoms with Crippen molar-refractivity contribution < 1.29 is 28.6 Å². The number of benzene rings is 1. The number of aromatic nitrogens is 1. The zero-order valence-electron chi connectivity index (χ0n) is 17.3. The second-order valence-corrected chi connectivity index (χ2v) is 6.56. The fraction of sp³-hybridized carbons (Fsp3) is 0.318. The van der Waals surface area contributed by atoms with Crippen LogP contribution in [0.2, 0.25) is 0 Å². The zero-order valence-corrected chi connectivity index (χ0v) is 17.3. The molecule has 1 unspecified atom stereocenters. The van der Waals surface area contributed by atoms with Crippen LogP contribution in [0.5, 0.6) is 11.5 Å². The van der Waals surface area contributed by atoms with E-state index in [0.717, 1.165) is 0 Å². The number of methoxy groups -OCH3 is 1. The second-order valence-electron chi connectivity index (χ2n) is 6.56. The molecular formula is C22H25NO6. The Kier molecular flexibility index (Phi) is 6.98. The molecule has 0 aliphatic rings. The highest BCUT2D eigenvalue weighted by molar-refractivity contribution is 6.05. The summed E-state index contributed by atoms with van der Waals surface area (Å²) < 4.78 is 16.0. The van der Waals surface area contributed by atoms with Crippen LogP contribution < -0.4 is 9.47 Å². The Morgan fingerprint density at radius 1 is 1.21 bits per heavy atom. The molecule has 0 spiro atoms. The number of aromatic amines is 1. The Balaban J connectivity index is 2.18. The molecule has 0 fully saturated rings. The van der Waals surface area contributed by atoms with Crippen molar-refractivity contribution in [3.8, 4) is 11.5 Å². The van der Waals surface area contributed by atoms with Crippen LogP contribution in [0.15, 0.2) is 30.9 Å². The molecule has 0 aliphatic carbocycles. The quantitative estimate of drug-likeness (QED) is 0.391. The van der Waals surface area contributed by atoms with Gasteiger partial charge in [0.05, 0.1) is 18.4 Å². The van der Waals surface area contributed by atoms with Gasteiger partial charge in [0.15, 0.2) is 23.4 Å². The highest BCUT2D eigenvalue weighted by Gasteiger charge is 2.26. The Morgan fingerprint density at radius 3 is 2.45 bits per heavy atom. The SMILES string of the molecule is C=CCOc1ccc(C(=O)OC(C)C(=O)c2[nH]c(C)c(C(C)=O)c2C)cc1OC. The molecule has 0 radical (unpaired) electrons. The molecule has 29 heavy (non-hydrogen) atoms. The average Bonchev–Trinajstić information content (AvgIpc) is 2.99. The topological polar surface area (TPSA) is 94.7 Å². The van der Waals surface area contributed by atoms with Crippen LogP contribution in [0.4, 0.5) is 0 Å². The maximum atomic E-state index is 12.7. The lowest BCUT2D eigenvalue weighted by atomic mass is 10.0. The average molecular weight is 399 g/mol. The molecule has 0 saturated carbocycles. The maximum Gasteiger partial charge on any atom is 0.338 e. The summed E-state index contributed by atoms with van der Waals surface area (Å²) in [6.07, 6.45) is 0.554. The lowest BCUT2D eigenvalue weighted by Crippen LogP contribution is -2.25. The zero-order chi connectivity index (χ0) is 21.7. The third-order valence-electron chi connectivity index (χ3n) is 4.45. The number of carbonyl (C=O) groups excluding carboxylic acids is 3. The Morgan fingerprint density at radius 2 is 1.90 bits per heavy atom. The molecule has 1 N–H and O–H groups in total. The van der Waals surface area contributed by atoms with Crippen molar-refractivity contribution in [2.75, 3.05) is 13.7 Å². The summed E-state index contributed by atoms with van der Waals surface area (Å²) in [7, 11) is 1.46. The molecule has 1 atom stereocenters. The number of hydrogen-bond acceptors (Lipinski definition) is 6. The number of carbonyl (C=O) groups is 3. The minimum atomic E-state index is -1.04. The first-order valence-electron chi connectivity index (χ1n) is 9.08. The number of esters is 1. The molecule has 7 nitrogen and oxygen atoms in total. The fourth-order valence-corrected chi connectivity index (χ4v) is 3.07. The first-order chi connectivity index (χ1) is 13.7. The molecular weight excluding hydrogens is 374 g/mol. The molecule has 0 amide bonds. The van der Waals surface area contributed by atoms with Crippen molar-refractivity contribution in [1.82, 2.24) is 4.98 Å². The third kappa shape index (κ3) is 4.74. The summed E-state index contributed by atoms with van der Waals surface area (Å²) in [5, 5.41) is 0. The minimum Gasteiger partial charge on any atom is -0.493 e. The summed E-state index contributed by atoms with van der Waals surface area (Å²) in [5.41, 5.74) is 2.12. The van der Waals surface area contributed by atoms with E-state index in [1.54, 1.807) is 26.0 Å². The van der Waals surface area contributed by atoms with Crippen molar-refractivity contribution in [2.45, 2.75) is 33.8 Å². The Bertz CT molecular complexity index is 956. The molecule has 1 heterocycles. The standard InChI is InChI=1S/C22H25NO6/c1-7-10-28-17-9-8-16(11-18(17)27-6)22(26)29-15(5)21(25)20-12(2)19(14(4)24)13(3)23-20/h7-9,11,15,23H,1,10H2,2-6H3. The van der Waals surface area contributed by atoms with E-state index in [-0.39, 0.29) is 17.0 Å². The van der Waals surface area contributed by atoms with Gasteiger partial charge in [-0.3, -0.25) is 9.59 Å². The van der Waals surface area contributed by atoms with Crippen LogP contribution in [0.3, 0.4) is 0 Å². The van der Waals surface area contributed by atoms with Crippen molar-refractivity contribution in [2.24, 2.45) is 0 Å². The smallest absolute Gasteiger partial charge is 0.338 e. The summed E-state index contributed by atoms with van der Waals surface area (Å²) in [6, 6.07) is 4.59. The number of ether oxygens (including phenoxy) is 3. The van der Waals surface area contributed by atoms with Gasteiger partial charge in [0.1, 0.15) is 6.61 Å². The van der Waals surface area contributed by atoms with Gasteiger partial charge in [-0.25, -0.2) is 4.79 Å². The first kappa shape index (κ1) is 21.9. The van der Waals surface area contributed by atoms with Gasteiger partial charge in [0.25, 0.3) is 0 Å². The van der Waals surface area contributed by atoms with Crippen LogP contribution in [0, 0.1) is 13.8 Å². The summed E-state index contributed by atoms with van der Waals surface area (Å²) in [4.78, 5) is 39.9. The van der Waals surface area contributed by atoms with E-state index >= 15 is 0 Å². The molecule has 0 aliphatic heterocycles. The fourth-order valence-electron chi connectivity index (χ4n) is 3.07. The molecule has 7 heteroatoms. The van der Waals surface area contributed by atoms with E-state index in [9.17, 15) is 14.4 Å². The number of nitrogens with one attached hydrogen (secondary N) is 1. The number of H-pyrrole nitrogens is 1. The van der Waals surface area contributed by atoms with Crippen molar-refractivity contribution in [3.05, 3.63) is 58.9 Å². The maximum absolute atomic E-state index is 12.7. The normalized spacial score (nSPS) is 11.5. The highest BCUT2D eigenvalue weighted by atomic mass is 16.5. The van der Waals surface area contributed by atoms with Crippen LogP contribution >= 0.6 is 0 Å². The predicted octanol–water partition coefficient (Wildman–Crippen LogP) is 3.84. The van der Waals surface area contributed by atoms with Gasteiger partial charge in [0, 0.05) is 11.3 Å². The number of rotatable bonds is 9. The number of aryl methyl sites for hydroxylation is 1. The van der Waals surface area contributed by atoms with Gasteiger partial charge >= 0.3 is 5.97 Å². The van der Waals surface area contributed by atoms with E-state index in [0.29, 0.717) is 34.9 Å². The van der Waals surface area contributed by atoms with Crippen LogP contribution in [0.25, 0.3) is 0 Å². The molecule has 154 valence electrons. The summed E-state index contributed by atoms with van der Waals surface area (Å²) in [6.45, 7) is 10.2. The first-order valence-corrected chi connectivity index (χ1v) is 9.08. The van der Waals surface area contributed by atoms with E-state index in [1.165, 1.54) is 33.1 Å². The van der Waals surface area contributed by atoms with Crippen molar-refractivity contribution in [1.29, 1.82) is 0 Å². The molecule has 0 bridgehead atoms. The van der Waals surface area contributed by atoms with E-state index < -0.39 is 17.9 Å². The summed E-state index contributed by atoms with van der Waals surface area (Å²) >= 11 is 0. The van der Waals surface area contributed by atoms with Gasteiger partial charge < -0.3 is 19.2 Å². The lowest BCUT2D eigenvalue weighted by Gasteiger charge is -2.14. The van der Waals surface area contributed by atoms with Gasteiger partial charge in [0.2, 0.25) is 5.78 Å². The van der Waals surface area contributed by atoms with Crippen LogP contribution in [0.1, 0.15) is 56.3 Å². The largest absolute Gasteiger partial charge is 0.493 e. The summed E-state index contributed by atoms with van der Waals surface area (Å²) in [5.74, 6) is -0.396. The van der Waals surface area contributed by atoms with Crippen LogP contribution in [-0.2, 0) is 4.74 Å². The van der Waals surface area contributed by atoms with Crippen molar-refractivity contribution >= 4 is 17.5 Å². The van der Waals surface area contributed by atoms with Gasteiger partial charge in [-0.1, -0.05) is 12.7 Å². The Hall–Kier alpha value is -3.35. The highest BCUT2D eigenvalue weighted by Crippen LogP contribution is 2.28. The molecule has 0 saturated heterocycles. The number of hydrogen-bond donors (Lipinski definition) is 1.